The Morgan fingerprint density at radius 2 is 1.56 bits per heavy atom. The standard InChI is InChI=1S/C40H36F3N3O3S/c41-40(42,43)33-11-5-8-28(21-33)25-45-38(47)31-15-16-44-37(23-31)36-24-34(46-17-2-1-3-18-46)14-13-30(36)20-27-7-4-9-29(19-27)26-50-35-12-6-10-32(22-35)39(48)49/h4-16,19,21-24H,1-3,17-18,20,25-26H2,(H,45,47)(H,48,49). The molecule has 0 spiro atoms. The van der Waals surface area contributed by atoms with Gasteiger partial charge >= 0.3 is 12.1 Å². The molecule has 0 aliphatic carbocycles. The number of thioether (sulfide) groups is 1. The van der Waals surface area contributed by atoms with Gasteiger partial charge in [0.25, 0.3) is 5.91 Å². The first-order valence-electron chi connectivity index (χ1n) is 16.4. The molecule has 6 rings (SSSR count). The van der Waals surface area contributed by atoms with E-state index in [1.807, 2.05) is 12.1 Å². The second-order valence-electron chi connectivity index (χ2n) is 12.3. The molecule has 1 amide bonds. The van der Waals surface area contributed by atoms with Gasteiger partial charge in [0.2, 0.25) is 0 Å². The SMILES string of the molecule is O=C(O)c1cccc(SCc2cccc(Cc3ccc(N4CCCCC4)cc3-c3cc(C(=O)NCc4cccc(C(F)(F)F)c4)ccn3)c2)c1. The molecule has 50 heavy (non-hydrogen) atoms. The van der Waals surface area contributed by atoms with Crippen molar-refractivity contribution in [2.45, 2.75) is 49.1 Å². The smallest absolute Gasteiger partial charge is 0.416 e. The van der Waals surface area contributed by atoms with E-state index < -0.39 is 23.6 Å². The van der Waals surface area contributed by atoms with Crippen LogP contribution in [0.3, 0.4) is 0 Å². The summed E-state index contributed by atoms with van der Waals surface area (Å²) in [5.74, 6) is -0.678. The van der Waals surface area contributed by atoms with Crippen LogP contribution < -0.4 is 10.2 Å². The van der Waals surface area contributed by atoms with Gasteiger partial charge in [0.05, 0.1) is 16.8 Å². The van der Waals surface area contributed by atoms with Gasteiger partial charge in [-0.25, -0.2) is 4.79 Å². The molecule has 1 fully saturated rings. The van der Waals surface area contributed by atoms with Gasteiger partial charge in [0, 0.05) is 53.3 Å². The predicted octanol–water partition coefficient (Wildman–Crippen LogP) is 9.27. The van der Waals surface area contributed by atoms with Crippen molar-refractivity contribution in [3.63, 3.8) is 0 Å². The van der Waals surface area contributed by atoms with Crippen molar-refractivity contribution in [2.24, 2.45) is 0 Å². The molecule has 6 nitrogen and oxygen atoms in total. The molecule has 1 saturated heterocycles. The Balaban J connectivity index is 1.23. The Morgan fingerprint density at radius 3 is 2.36 bits per heavy atom. The highest BCUT2D eigenvalue weighted by molar-refractivity contribution is 7.98. The highest BCUT2D eigenvalue weighted by atomic mass is 32.2. The third-order valence-electron chi connectivity index (χ3n) is 8.69. The first-order chi connectivity index (χ1) is 24.1. The van der Waals surface area contributed by atoms with Crippen molar-refractivity contribution >= 4 is 29.3 Å². The Kier molecular flexibility index (Phi) is 10.9. The Hall–Kier alpha value is -5.09. The third-order valence-corrected chi connectivity index (χ3v) is 9.76. The zero-order valence-electron chi connectivity index (χ0n) is 27.2. The van der Waals surface area contributed by atoms with Gasteiger partial charge in [-0.2, -0.15) is 13.2 Å². The molecule has 0 atom stereocenters. The van der Waals surface area contributed by atoms with Crippen LogP contribution >= 0.6 is 11.8 Å². The minimum absolute atomic E-state index is 0.0459. The topological polar surface area (TPSA) is 82.5 Å². The number of carbonyl (C=O) groups is 2. The number of benzene rings is 4. The van der Waals surface area contributed by atoms with Crippen LogP contribution in [0.2, 0.25) is 0 Å². The number of hydrogen-bond acceptors (Lipinski definition) is 5. The Labute approximate surface area is 293 Å². The predicted molar refractivity (Wildman–Crippen MR) is 191 cm³/mol. The van der Waals surface area contributed by atoms with Crippen molar-refractivity contribution in [1.82, 2.24) is 10.3 Å². The molecule has 0 unspecified atom stereocenters. The number of amides is 1. The maximum Gasteiger partial charge on any atom is 0.416 e. The van der Waals surface area contributed by atoms with E-state index in [2.05, 4.69) is 51.6 Å². The molecule has 0 saturated carbocycles. The molecule has 1 aliphatic heterocycles. The molecule has 0 bridgehead atoms. The number of halogens is 3. The van der Waals surface area contributed by atoms with Gasteiger partial charge in [-0.1, -0.05) is 48.5 Å². The first-order valence-corrected chi connectivity index (χ1v) is 17.4. The summed E-state index contributed by atoms with van der Waals surface area (Å²) in [5.41, 5.74) is 6.11. The van der Waals surface area contributed by atoms with Crippen LogP contribution in [0.25, 0.3) is 11.3 Å². The van der Waals surface area contributed by atoms with E-state index in [0.29, 0.717) is 29.0 Å². The van der Waals surface area contributed by atoms with Crippen LogP contribution in [-0.2, 0) is 24.9 Å². The molecular weight excluding hydrogens is 660 g/mol. The molecule has 0 radical (unpaired) electrons. The number of hydrogen-bond donors (Lipinski definition) is 2. The minimum Gasteiger partial charge on any atom is -0.478 e. The molecular formula is C40H36F3N3O3S. The number of anilines is 1. The first kappa shape index (κ1) is 34.8. The molecule has 4 aromatic carbocycles. The number of aromatic nitrogens is 1. The van der Waals surface area contributed by atoms with E-state index in [-0.39, 0.29) is 12.1 Å². The van der Waals surface area contributed by atoms with Crippen LogP contribution in [0.4, 0.5) is 18.9 Å². The zero-order valence-corrected chi connectivity index (χ0v) is 28.1. The molecule has 5 aromatic rings. The zero-order chi connectivity index (χ0) is 35.1. The van der Waals surface area contributed by atoms with E-state index >= 15 is 0 Å². The molecule has 2 heterocycles. The number of carbonyl (C=O) groups excluding carboxylic acids is 1. The lowest BCUT2D eigenvalue weighted by Crippen LogP contribution is -2.29. The lowest BCUT2D eigenvalue weighted by atomic mass is 9.95. The summed E-state index contributed by atoms with van der Waals surface area (Å²) in [6, 6.07) is 29.9. The van der Waals surface area contributed by atoms with Gasteiger partial charge < -0.3 is 15.3 Å². The number of nitrogens with zero attached hydrogens (tertiary/aromatic N) is 2. The number of piperidine rings is 1. The molecule has 1 aliphatic rings. The second-order valence-corrected chi connectivity index (χ2v) is 13.4. The summed E-state index contributed by atoms with van der Waals surface area (Å²) in [4.78, 5) is 32.5. The Bertz CT molecular complexity index is 1990. The van der Waals surface area contributed by atoms with Crippen molar-refractivity contribution < 1.29 is 27.9 Å². The molecule has 256 valence electrons. The second kappa shape index (κ2) is 15.6. The third kappa shape index (κ3) is 8.92. The van der Waals surface area contributed by atoms with E-state index in [0.717, 1.165) is 70.9 Å². The summed E-state index contributed by atoms with van der Waals surface area (Å²) in [5, 5.41) is 12.1. The van der Waals surface area contributed by atoms with Gasteiger partial charge in [0.15, 0.2) is 0 Å². The van der Waals surface area contributed by atoms with Crippen LogP contribution in [0.15, 0.2) is 114 Å². The lowest BCUT2D eigenvalue weighted by molar-refractivity contribution is -0.137. The number of pyridine rings is 1. The van der Waals surface area contributed by atoms with Crippen LogP contribution in [-0.4, -0.2) is 35.1 Å². The summed E-state index contributed by atoms with van der Waals surface area (Å²) in [6.07, 6.45) is 1.21. The van der Waals surface area contributed by atoms with Crippen molar-refractivity contribution in [3.05, 3.63) is 148 Å². The fourth-order valence-electron chi connectivity index (χ4n) is 6.10. The van der Waals surface area contributed by atoms with E-state index in [1.165, 1.54) is 12.5 Å². The summed E-state index contributed by atoms with van der Waals surface area (Å²) in [7, 11) is 0. The molecule has 2 N–H and O–H groups in total. The van der Waals surface area contributed by atoms with Gasteiger partial charge in [-0.15, -0.1) is 11.8 Å². The maximum absolute atomic E-state index is 13.2. The fraction of sp³-hybridized carbons (Fsp3) is 0.225. The lowest BCUT2D eigenvalue weighted by Gasteiger charge is -2.29. The van der Waals surface area contributed by atoms with Gasteiger partial charge in [-0.05, 0) is 103 Å². The van der Waals surface area contributed by atoms with Crippen LogP contribution in [0.5, 0.6) is 0 Å². The number of nitrogens with one attached hydrogen (secondary N) is 1. The number of alkyl halides is 3. The van der Waals surface area contributed by atoms with Crippen molar-refractivity contribution in [3.8, 4) is 11.3 Å². The summed E-state index contributed by atoms with van der Waals surface area (Å²) in [6.45, 7) is 1.90. The van der Waals surface area contributed by atoms with Crippen LogP contribution in [0.1, 0.15) is 67.8 Å². The quantitative estimate of drug-likeness (QED) is 0.134. The van der Waals surface area contributed by atoms with E-state index in [4.69, 9.17) is 0 Å². The molecule has 10 heteroatoms. The van der Waals surface area contributed by atoms with Crippen LogP contribution in [0, 0.1) is 0 Å². The minimum atomic E-state index is -4.46. The molecule has 1 aromatic heterocycles. The van der Waals surface area contributed by atoms with Gasteiger partial charge in [0.1, 0.15) is 0 Å². The highest BCUT2D eigenvalue weighted by Crippen LogP contribution is 2.32. The number of carboxylic acids is 1. The largest absolute Gasteiger partial charge is 0.478 e. The number of carboxylic acid groups (broad SMARTS) is 1. The van der Waals surface area contributed by atoms with Crippen molar-refractivity contribution in [2.75, 3.05) is 18.0 Å². The summed E-state index contributed by atoms with van der Waals surface area (Å²) >= 11 is 1.58. The maximum atomic E-state index is 13.2. The fourth-order valence-corrected chi connectivity index (χ4v) is 7.00. The number of aromatic carboxylic acids is 1. The number of rotatable bonds is 11. The average Bonchev–Trinajstić information content (AvgIpc) is 3.13. The monoisotopic (exact) mass is 695 g/mol. The average molecular weight is 696 g/mol. The highest BCUT2D eigenvalue weighted by Gasteiger charge is 2.30. The van der Waals surface area contributed by atoms with E-state index in [1.54, 1.807) is 54.4 Å². The summed E-state index contributed by atoms with van der Waals surface area (Å²) < 4.78 is 39.6. The van der Waals surface area contributed by atoms with Crippen molar-refractivity contribution in [1.29, 1.82) is 0 Å². The van der Waals surface area contributed by atoms with E-state index in [9.17, 15) is 27.9 Å². The normalized spacial score (nSPS) is 13.2. The van der Waals surface area contributed by atoms with Gasteiger partial charge in [-0.3, -0.25) is 9.78 Å². The Morgan fingerprint density at radius 1 is 0.800 bits per heavy atom.